The molecule has 0 saturated heterocycles. The monoisotopic (exact) mass is 385 g/mol. The molecule has 2 aromatic rings. The third-order valence-electron chi connectivity index (χ3n) is 3.93. The van der Waals surface area contributed by atoms with E-state index in [1.54, 1.807) is 42.5 Å². The lowest BCUT2D eigenvalue weighted by molar-refractivity contribution is -0.119. The second-order valence-corrected chi connectivity index (χ2v) is 6.54. The Balaban J connectivity index is 1.48. The summed E-state index contributed by atoms with van der Waals surface area (Å²) in [6, 6.07) is 12.0. The van der Waals surface area contributed by atoms with Crippen molar-refractivity contribution in [2.24, 2.45) is 0 Å². The smallest absolute Gasteiger partial charge is 0.338 e. The molecule has 3 rings (SSSR count). The molecule has 0 bridgehead atoms. The molecule has 1 aliphatic rings. The maximum absolute atomic E-state index is 12.1. The van der Waals surface area contributed by atoms with Crippen LogP contribution < -0.4 is 14.8 Å². The summed E-state index contributed by atoms with van der Waals surface area (Å²) in [5.74, 6) is 0.209. The summed E-state index contributed by atoms with van der Waals surface area (Å²) in [7, 11) is 0. The number of nitrogens with one attached hydrogen (secondary N) is 1. The lowest BCUT2D eigenvalue weighted by atomic mass is 10.1. The molecule has 7 nitrogen and oxygen atoms in total. The van der Waals surface area contributed by atoms with Gasteiger partial charge >= 0.3 is 5.97 Å². The first-order valence-corrected chi connectivity index (χ1v) is 9.08. The zero-order valence-corrected chi connectivity index (χ0v) is 15.9. The van der Waals surface area contributed by atoms with Crippen molar-refractivity contribution < 1.29 is 28.5 Å². The molecule has 0 atom stereocenters. The molecular formula is C21H23NO6. The van der Waals surface area contributed by atoms with Gasteiger partial charge in [-0.15, -0.1) is 0 Å². The highest BCUT2D eigenvalue weighted by Gasteiger charge is 2.14. The van der Waals surface area contributed by atoms with Crippen LogP contribution in [-0.4, -0.2) is 37.8 Å². The summed E-state index contributed by atoms with van der Waals surface area (Å²) >= 11 is 0. The van der Waals surface area contributed by atoms with E-state index in [0.717, 1.165) is 5.56 Å². The molecule has 1 amide bonds. The summed E-state index contributed by atoms with van der Waals surface area (Å²) < 4.78 is 21.5. The highest BCUT2D eigenvalue weighted by Crippen LogP contribution is 2.32. The second-order valence-electron chi connectivity index (χ2n) is 6.54. The number of carbonyl (C=O) groups is 2. The second kappa shape index (κ2) is 9.23. The van der Waals surface area contributed by atoms with Crippen molar-refractivity contribution in [3.05, 3.63) is 53.6 Å². The van der Waals surface area contributed by atoms with Gasteiger partial charge in [-0.05, 0) is 43.7 Å². The molecule has 0 spiro atoms. The Labute approximate surface area is 163 Å². The van der Waals surface area contributed by atoms with Crippen LogP contribution >= 0.6 is 0 Å². The number of ether oxygens (including phenoxy) is 4. The number of esters is 1. The zero-order valence-electron chi connectivity index (χ0n) is 15.9. The van der Waals surface area contributed by atoms with Gasteiger partial charge < -0.3 is 24.3 Å². The van der Waals surface area contributed by atoms with Crippen LogP contribution in [0.2, 0.25) is 0 Å². The molecule has 1 aliphatic heterocycles. The van der Waals surface area contributed by atoms with Crippen LogP contribution in [-0.2, 0) is 20.9 Å². The molecule has 1 N–H and O–H groups in total. The van der Waals surface area contributed by atoms with Crippen LogP contribution in [0.5, 0.6) is 11.5 Å². The van der Waals surface area contributed by atoms with Gasteiger partial charge in [0, 0.05) is 11.8 Å². The lowest BCUT2D eigenvalue weighted by Crippen LogP contribution is -2.21. The highest BCUT2D eigenvalue weighted by molar-refractivity contribution is 5.95. The standard InChI is InChI=1S/C21H23NO6/c1-14(2)27-12-15-3-5-16(6-4-15)21(24)28-13-20(23)22-17-7-8-18-19(11-17)26-10-9-25-18/h3-8,11,14H,9-10,12-13H2,1-2H3,(H,22,23). The molecular weight excluding hydrogens is 362 g/mol. The van der Waals surface area contributed by atoms with Crippen LogP contribution in [0.25, 0.3) is 0 Å². The summed E-state index contributed by atoms with van der Waals surface area (Å²) in [5.41, 5.74) is 1.88. The third kappa shape index (κ3) is 5.47. The van der Waals surface area contributed by atoms with Crippen LogP contribution in [0, 0.1) is 0 Å². The van der Waals surface area contributed by atoms with Crippen molar-refractivity contribution in [2.75, 3.05) is 25.1 Å². The number of carbonyl (C=O) groups excluding carboxylic acids is 2. The largest absolute Gasteiger partial charge is 0.486 e. The molecule has 2 aromatic carbocycles. The van der Waals surface area contributed by atoms with Gasteiger partial charge in [0.15, 0.2) is 18.1 Å². The number of anilines is 1. The minimum atomic E-state index is -0.561. The van der Waals surface area contributed by atoms with E-state index >= 15 is 0 Å². The predicted octanol–water partition coefficient (Wildman–Crippen LogP) is 3.18. The van der Waals surface area contributed by atoms with Gasteiger partial charge in [-0.1, -0.05) is 12.1 Å². The lowest BCUT2D eigenvalue weighted by Gasteiger charge is -2.19. The van der Waals surface area contributed by atoms with Crippen molar-refractivity contribution in [1.82, 2.24) is 0 Å². The fourth-order valence-corrected chi connectivity index (χ4v) is 2.53. The molecule has 1 heterocycles. The Bertz CT molecular complexity index is 831. The van der Waals surface area contributed by atoms with E-state index in [1.165, 1.54) is 0 Å². The third-order valence-corrected chi connectivity index (χ3v) is 3.93. The maximum atomic E-state index is 12.1. The Morgan fingerprint density at radius 1 is 1.04 bits per heavy atom. The van der Waals surface area contributed by atoms with Crippen LogP contribution in [0.4, 0.5) is 5.69 Å². The Morgan fingerprint density at radius 3 is 2.46 bits per heavy atom. The molecule has 0 unspecified atom stereocenters. The fourth-order valence-electron chi connectivity index (χ4n) is 2.53. The maximum Gasteiger partial charge on any atom is 0.338 e. The van der Waals surface area contributed by atoms with E-state index in [1.807, 2.05) is 13.8 Å². The minimum Gasteiger partial charge on any atom is -0.486 e. The van der Waals surface area contributed by atoms with Gasteiger partial charge in [-0.3, -0.25) is 4.79 Å². The van der Waals surface area contributed by atoms with Crippen molar-refractivity contribution in [3.63, 3.8) is 0 Å². The molecule has 148 valence electrons. The van der Waals surface area contributed by atoms with Crippen molar-refractivity contribution >= 4 is 17.6 Å². The molecule has 28 heavy (non-hydrogen) atoms. The predicted molar refractivity (Wildman–Crippen MR) is 103 cm³/mol. The minimum absolute atomic E-state index is 0.136. The SMILES string of the molecule is CC(C)OCc1ccc(C(=O)OCC(=O)Nc2ccc3c(c2)OCCO3)cc1. The average molecular weight is 385 g/mol. The Hall–Kier alpha value is -3.06. The van der Waals surface area contributed by atoms with Crippen LogP contribution in [0.3, 0.4) is 0 Å². The van der Waals surface area contributed by atoms with Crippen molar-refractivity contribution in [3.8, 4) is 11.5 Å². The van der Waals surface area contributed by atoms with E-state index < -0.39 is 11.9 Å². The van der Waals surface area contributed by atoms with E-state index in [2.05, 4.69) is 5.32 Å². The van der Waals surface area contributed by atoms with Gasteiger partial charge in [-0.25, -0.2) is 4.79 Å². The van der Waals surface area contributed by atoms with E-state index in [0.29, 0.717) is 42.6 Å². The van der Waals surface area contributed by atoms with Gasteiger partial charge in [0.05, 0.1) is 18.3 Å². The number of hydrogen-bond acceptors (Lipinski definition) is 6. The van der Waals surface area contributed by atoms with E-state index in [4.69, 9.17) is 18.9 Å². The molecule has 7 heteroatoms. The molecule has 0 saturated carbocycles. The number of rotatable bonds is 7. The molecule has 0 fully saturated rings. The Kier molecular flexibility index (Phi) is 6.49. The Morgan fingerprint density at radius 2 is 1.75 bits per heavy atom. The number of fused-ring (bicyclic) bond motifs is 1. The van der Waals surface area contributed by atoms with Crippen LogP contribution in [0.15, 0.2) is 42.5 Å². The summed E-state index contributed by atoms with van der Waals surface area (Å²) in [4.78, 5) is 24.1. The van der Waals surface area contributed by atoms with Gasteiger partial charge in [-0.2, -0.15) is 0 Å². The summed E-state index contributed by atoms with van der Waals surface area (Å²) in [5, 5.41) is 2.67. The van der Waals surface area contributed by atoms with Gasteiger partial charge in [0.2, 0.25) is 0 Å². The first-order valence-electron chi connectivity index (χ1n) is 9.08. The zero-order chi connectivity index (χ0) is 19.9. The quantitative estimate of drug-likeness (QED) is 0.737. The fraction of sp³-hybridized carbons (Fsp3) is 0.333. The summed E-state index contributed by atoms with van der Waals surface area (Å²) in [6.45, 7) is 4.98. The van der Waals surface area contributed by atoms with Crippen molar-refractivity contribution in [2.45, 2.75) is 26.6 Å². The summed E-state index contributed by atoms with van der Waals surface area (Å²) in [6.07, 6.45) is 0.136. The topological polar surface area (TPSA) is 83.1 Å². The first kappa shape index (κ1) is 19.7. The van der Waals surface area contributed by atoms with Gasteiger partial charge in [0.1, 0.15) is 13.2 Å². The molecule has 0 radical (unpaired) electrons. The molecule has 0 aliphatic carbocycles. The molecule has 0 aromatic heterocycles. The van der Waals surface area contributed by atoms with Crippen LogP contribution in [0.1, 0.15) is 29.8 Å². The number of amides is 1. The van der Waals surface area contributed by atoms with Crippen molar-refractivity contribution in [1.29, 1.82) is 0 Å². The van der Waals surface area contributed by atoms with Gasteiger partial charge in [0.25, 0.3) is 5.91 Å². The number of benzene rings is 2. The van der Waals surface area contributed by atoms with E-state index in [-0.39, 0.29) is 12.7 Å². The number of hydrogen-bond donors (Lipinski definition) is 1. The van der Waals surface area contributed by atoms with E-state index in [9.17, 15) is 9.59 Å². The highest BCUT2D eigenvalue weighted by atomic mass is 16.6. The normalized spacial score (nSPS) is 12.5. The average Bonchev–Trinajstić information content (AvgIpc) is 2.70. The first-order chi connectivity index (χ1) is 13.5.